The molecule has 5 rings (SSSR count). The van der Waals surface area contributed by atoms with Gasteiger partial charge in [-0.3, -0.25) is 4.79 Å². The number of nitrogens with one attached hydrogen (secondary N) is 3. The van der Waals surface area contributed by atoms with Crippen molar-refractivity contribution in [3.8, 4) is 0 Å². The molecule has 11 heteroatoms. The van der Waals surface area contributed by atoms with Crippen LogP contribution in [-0.4, -0.2) is 48.0 Å². The first kappa shape index (κ1) is 35.6. The van der Waals surface area contributed by atoms with Crippen molar-refractivity contribution < 1.29 is 33.7 Å². The monoisotopic (exact) mass is 683 g/mol. The van der Waals surface area contributed by atoms with Crippen LogP contribution < -0.4 is 16.0 Å². The minimum atomic E-state index is -0.856. The normalized spacial score (nSPS) is 19.3. The molecule has 1 heterocycles. The summed E-state index contributed by atoms with van der Waals surface area (Å²) in [5.74, 6) is 0.0127. The Kier molecular flexibility index (Phi) is 12.4. The maximum atomic E-state index is 12.9. The molecule has 5 unspecified atom stereocenters. The molecule has 1 aliphatic rings. The standard InChI is InChI=1S/C38H41N3O7S/c1-24-34(23-49-32-19-17-30(18-20-32)39-25(2)43)47-37(48-35(24)28-11-9-27(22-42)10-12-28)29-13-15-31(16-14-29)40-38(45)41-33(36(44)46-3)21-26-7-5-4-6-8-26/h4-20,24,33-35,37,42H,21-23H2,1-3H3,(H,39,43)(H2,40,41,45). The lowest BCUT2D eigenvalue weighted by molar-refractivity contribution is -0.268. The van der Waals surface area contributed by atoms with Crippen LogP contribution in [0.5, 0.6) is 0 Å². The lowest BCUT2D eigenvalue weighted by Gasteiger charge is -2.41. The molecule has 1 saturated heterocycles. The molecule has 4 N–H and O–H groups in total. The summed E-state index contributed by atoms with van der Waals surface area (Å²) in [4.78, 5) is 37.7. The van der Waals surface area contributed by atoms with Crippen molar-refractivity contribution in [2.75, 3.05) is 23.5 Å². The fraction of sp³-hybridized carbons (Fsp3) is 0.289. The van der Waals surface area contributed by atoms with Gasteiger partial charge in [-0.2, -0.15) is 0 Å². The largest absolute Gasteiger partial charge is 0.467 e. The maximum absolute atomic E-state index is 12.9. The van der Waals surface area contributed by atoms with E-state index in [9.17, 15) is 19.5 Å². The average molecular weight is 684 g/mol. The zero-order valence-electron chi connectivity index (χ0n) is 27.6. The number of amides is 3. The van der Waals surface area contributed by atoms with E-state index in [1.807, 2.05) is 91.0 Å². The van der Waals surface area contributed by atoms with Crippen molar-refractivity contribution in [2.45, 2.75) is 56.3 Å². The number of urea groups is 1. The lowest BCUT2D eigenvalue weighted by Crippen LogP contribution is -2.45. The van der Waals surface area contributed by atoms with E-state index >= 15 is 0 Å². The first-order chi connectivity index (χ1) is 23.7. The Labute approximate surface area is 290 Å². The number of carbonyl (C=O) groups excluding carboxylic acids is 3. The summed E-state index contributed by atoms with van der Waals surface area (Å²) in [5.41, 5.74) is 4.74. The van der Waals surface area contributed by atoms with Crippen molar-refractivity contribution in [1.82, 2.24) is 5.32 Å². The van der Waals surface area contributed by atoms with E-state index in [0.29, 0.717) is 17.9 Å². The zero-order chi connectivity index (χ0) is 34.8. The zero-order valence-corrected chi connectivity index (χ0v) is 28.4. The van der Waals surface area contributed by atoms with Gasteiger partial charge < -0.3 is 35.3 Å². The molecule has 4 aromatic rings. The third-order valence-electron chi connectivity index (χ3n) is 8.23. The summed E-state index contributed by atoms with van der Waals surface area (Å²) in [5, 5.41) is 17.8. The smallest absolute Gasteiger partial charge is 0.328 e. The molecular weight excluding hydrogens is 642 g/mol. The average Bonchev–Trinajstić information content (AvgIpc) is 3.12. The van der Waals surface area contributed by atoms with Crippen molar-refractivity contribution in [3.63, 3.8) is 0 Å². The van der Waals surface area contributed by atoms with Crippen LogP contribution in [0, 0.1) is 5.92 Å². The van der Waals surface area contributed by atoms with Crippen LogP contribution in [-0.2, 0) is 36.8 Å². The van der Waals surface area contributed by atoms with Gasteiger partial charge in [-0.1, -0.05) is 73.7 Å². The molecule has 1 fully saturated rings. The highest BCUT2D eigenvalue weighted by molar-refractivity contribution is 7.99. The van der Waals surface area contributed by atoms with Crippen LogP contribution in [0.3, 0.4) is 0 Å². The van der Waals surface area contributed by atoms with Gasteiger partial charge in [0.15, 0.2) is 6.29 Å². The van der Waals surface area contributed by atoms with E-state index in [2.05, 4.69) is 22.9 Å². The molecule has 3 amide bonds. The highest BCUT2D eigenvalue weighted by atomic mass is 32.2. The Morgan fingerprint density at radius 3 is 2.08 bits per heavy atom. The predicted molar refractivity (Wildman–Crippen MR) is 189 cm³/mol. The Morgan fingerprint density at radius 2 is 1.45 bits per heavy atom. The molecular formula is C38H41N3O7S. The molecule has 0 aromatic heterocycles. The summed E-state index contributed by atoms with van der Waals surface area (Å²) in [6.45, 7) is 3.55. The first-order valence-electron chi connectivity index (χ1n) is 16.0. The number of hydrogen-bond donors (Lipinski definition) is 4. The summed E-state index contributed by atoms with van der Waals surface area (Å²) in [7, 11) is 1.29. The van der Waals surface area contributed by atoms with Gasteiger partial charge in [-0.15, -0.1) is 11.8 Å². The number of rotatable bonds is 12. The lowest BCUT2D eigenvalue weighted by atomic mass is 9.91. The van der Waals surface area contributed by atoms with Gasteiger partial charge in [0.2, 0.25) is 5.91 Å². The van der Waals surface area contributed by atoms with Crippen LogP contribution >= 0.6 is 11.8 Å². The van der Waals surface area contributed by atoms with E-state index < -0.39 is 24.3 Å². The van der Waals surface area contributed by atoms with Crippen molar-refractivity contribution in [1.29, 1.82) is 0 Å². The van der Waals surface area contributed by atoms with Crippen molar-refractivity contribution in [2.24, 2.45) is 5.92 Å². The minimum absolute atomic E-state index is 0.00524. The minimum Gasteiger partial charge on any atom is -0.467 e. The van der Waals surface area contributed by atoms with E-state index in [1.54, 1.807) is 23.9 Å². The number of aliphatic hydroxyl groups is 1. The predicted octanol–water partition coefficient (Wildman–Crippen LogP) is 6.63. The molecule has 0 radical (unpaired) electrons. The molecule has 0 spiro atoms. The quantitative estimate of drug-likeness (QED) is 0.0966. The van der Waals surface area contributed by atoms with E-state index in [0.717, 1.165) is 32.8 Å². The summed E-state index contributed by atoms with van der Waals surface area (Å²) < 4.78 is 18.0. The Morgan fingerprint density at radius 1 is 0.816 bits per heavy atom. The van der Waals surface area contributed by atoms with Crippen molar-refractivity contribution in [3.05, 3.63) is 125 Å². The molecule has 5 atom stereocenters. The van der Waals surface area contributed by atoms with Crippen LogP contribution in [0.15, 0.2) is 108 Å². The molecule has 49 heavy (non-hydrogen) atoms. The number of aliphatic hydroxyl groups excluding tert-OH is 1. The summed E-state index contributed by atoms with van der Waals surface area (Å²) in [6, 6.07) is 30.6. The third-order valence-corrected chi connectivity index (χ3v) is 9.33. The van der Waals surface area contributed by atoms with Crippen LogP contribution in [0.2, 0.25) is 0 Å². The number of hydrogen-bond acceptors (Lipinski definition) is 8. The maximum Gasteiger partial charge on any atom is 0.328 e. The second-order valence-corrected chi connectivity index (χ2v) is 12.9. The van der Waals surface area contributed by atoms with E-state index in [-0.39, 0.29) is 30.6 Å². The number of thioether (sulfide) groups is 1. The Hall–Kier alpha value is -4.68. The van der Waals surface area contributed by atoms with Gasteiger partial charge in [0, 0.05) is 46.8 Å². The molecule has 4 aromatic carbocycles. The van der Waals surface area contributed by atoms with E-state index in [1.165, 1.54) is 14.0 Å². The topological polar surface area (TPSA) is 135 Å². The molecule has 256 valence electrons. The molecule has 1 aliphatic heterocycles. The first-order valence-corrected chi connectivity index (χ1v) is 17.0. The van der Waals surface area contributed by atoms with E-state index in [4.69, 9.17) is 14.2 Å². The number of anilines is 2. The fourth-order valence-electron chi connectivity index (χ4n) is 5.56. The van der Waals surface area contributed by atoms with Crippen LogP contribution in [0.25, 0.3) is 0 Å². The molecule has 0 saturated carbocycles. The summed E-state index contributed by atoms with van der Waals surface area (Å²) >= 11 is 1.66. The number of benzene rings is 4. The number of esters is 1. The van der Waals surface area contributed by atoms with Gasteiger partial charge in [-0.05, 0) is 53.1 Å². The summed E-state index contributed by atoms with van der Waals surface area (Å²) in [6.07, 6.45) is -0.836. The van der Waals surface area contributed by atoms with Crippen LogP contribution in [0.4, 0.5) is 16.2 Å². The highest BCUT2D eigenvalue weighted by Crippen LogP contribution is 2.43. The highest BCUT2D eigenvalue weighted by Gasteiger charge is 2.38. The molecule has 0 aliphatic carbocycles. The van der Waals surface area contributed by atoms with Crippen LogP contribution in [0.1, 0.15) is 48.5 Å². The van der Waals surface area contributed by atoms with Gasteiger partial charge in [-0.25, -0.2) is 9.59 Å². The van der Waals surface area contributed by atoms with Gasteiger partial charge in [0.05, 0.1) is 25.9 Å². The van der Waals surface area contributed by atoms with Gasteiger partial charge in [0.1, 0.15) is 6.04 Å². The second kappa shape index (κ2) is 17.1. The molecule has 10 nitrogen and oxygen atoms in total. The Balaban J connectivity index is 1.27. The van der Waals surface area contributed by atoms with Gasteiger partial charge >= 0.3 is 12.0 Å². The third kappa shape index (κ3) is 9.93. The van der Waals surface area contributed by atoms with Gasteiger partial charge in [0.25, 0.3) is 0 Å². The Bertz CT molecular complexity index is 1690. The number of carbonyl (C=O) groups is 3. The van der Waals surface area contributed by atoms with Crippen molar-refractivity contribution >= 4 is 41.0 Å². The number of ether oxygens (including phenoxy) is 3. The molecule has 0 bridgehead atoms. The fourth-order valence-corrected chi connectivity index (χ4v) is 6.63. The SMILES string of the molecule is COC(=O)C(Cc1ccccc1)NC(=O)Nc1ccc(C2OC(CSc3ccc(NC(C)=O)cc3)C(C)C(c3ccc(CO)cc3)O2)cc1. The number of methoxy groups -OCH3 is 1. The second-order valence-electron chi connectivity index (χ2n) is 11.8.